The van der Waals surface area contributed by atoms with Crippen LogP contribution in [0.15, 0.2) is 108 Å². The number of carbonyl (C=O) groups excluding carboxylic acids is 2. The summed E-state index contributed by atoms with van der Waals surface area (Å²) in [5.41, 5.74) is 4.41. The molecular weight excluding hydrogens is 789 g/mol. The lowest BCUT2D eigenvalue weighted by Gasteiger charge is -2.51. The molecule has 1 aliphatic carbocycles. The Kier molecular flexibility index (Phi) is 14.1. The number of hydrogen-bond donors (Lipinski definition) is 4. The predicted molar refractivity (Wildman–Crippen MR) is 237 cm³/mol. The molecule has 0 spiro atoms. The highest BCUT2D eigenvalue weighted by Crippen LogP contribution is 2.44. The summed E-state index contributed by atoms with van der Waals surface area (Å²) in [5, 5.41) is 16.0. The number of piperidine rings is 1. The van der Waals surface area contributed by atoms with Gasteiger partial charge >= 0.3 is 0 Å². The van der Waals surface area contributed by atoms with Crippen LogP contribution in [0.4, 0.5) is 5.69 Å². The lowest BCUT2D eigenvalue weighted by molar-refractivity contribution is -0.278. The summed E-state index contributed by atoms with van der Waals surface area (Å²) in [6.07, 6.45) is 5.22. The van der Waals surface area contributed by atoms with E-state index in [-0.39, 0.29) is 53.5 Å². The van der Waals surface area contributed by atoms with Gasteiger partial charge < -0.3 is 25.2 Å². The van der Waals surface area contributed by atoms with E-state index in [9.17, 15) is 23.1 Å². The number of carbonyl (C=O) groups is 2. The van der Waals surface area contributed by atoms with E-state index in [2.05, 4.69) is 27.2 Å². The van der Waals surface area contributed by atoms with Gasteiger partial charge in [0.25, 0.3) is 0 Å². The van der Waals surface area contributed by atoms with Crippen LogP contribution in [0.1, 0.15) is 106 Å². The van der Waals surface area contributed by atoms with Gasteiger partial charge in [-0.15, -0.1) is 0 Å². The van der Waals surface area contributed by atoms with E-state index < -0.39 is 28.3 Å². The van der Waals surface area contributed by atoms with Crippen LogP contribution in [0.3, 0.4) is 0 Å². The average Bonchev–Trinajstić information content (AvgIpc) is 3.24. The maximum atomic E-state index is 13.9. The standard InChI is InChI=1S/C49H62N4O7S/c1-32-15-26-40(27-16-32)61(57,58)52-41(29-34-11-7-6-8-12-34)46(55)50-39-24-21-38(22-25-39)48-59-44(33(2)45(60-48)37-19-17-35(31-54)18-20-37)30-53-42-14-10-9-13-36(42)23-28-43(53)47(56)51-49(3,4)5/h6-8,11-12,15-22,24-27,33,36,41-45,48,52,54H,9-10,13-14,23,28-31H2,1-5H3,(H,50,55)(H,51,56)/t33-,36+,41+,42+,43+,44+,45+,48+/m0/s1. The molecule has 0 radical (unpaired) electrons. The number of aliphatic hydroxyl groups excluding tert-OH is 1. The summed E-state index contributed by atoms with van der Waals surface area (Å²) in [7, 11) is -4.01. The monoisotopic (exact) mass is 850 g/mol. The molecule has 1 saturated carbocycles. The predicted octanol–water partition coefficient (Wildman–Crippen LogP) is 7.74. The molecule has 326 valence electrons. The Morgan fingerprint density at radius 1 is 0.820 bits per heavy atom. The number of anilines is 1. The van der Waals surface area contributed by atoms with Crippen LogP contribution >= 0.6 is 0 Å². The Morgan fingerprint density at radius 2 is 1.49 bits per heavy atom. The van der Waals surface area contributed by atoms with Gasteiger partial charge in [-0.05, 0) is 107 Å². The number of likely N-dealkylation sites (tertiary alicyclic amines) is 1. The average molecular weight is 851 g/mol. The first-order chi connectivity index (χ1) is 29.2. The number of nitrogens with one attached hydrogen (secondary N) is 3. The molecule has 8 atom stereocenters. The van der Waals surface area contributed by atoms with Crippen LogP contribution in [0, 0.1) is 18.8 Å². The normalized spacial score (nSPS) is 25.2. The lowest BCUT2D eigenvalue weighted by atomic mass is 9.75. The summed E-state index contributed by atoms with van der Waals surface area (Å²) < 4.78 is 43.3. The van der Waals surface area contributed by atoms with Crippen molar-refractivity contribution in [2.24, 2.45) is 11.8 Å². The molecule has 2 heterocycles. The molecule has 0 aromatic heterocycles. The van der Waals surface area contributed by atoms with E-state index in [1.807, 2.05) is 94.4 Å². The third kappa shape index (κ3) is 11.2. The first-order valence-corrected chi connectivity index (χ1v) is 23.3. The maximum absolute atomic E-state index is 13.9. The fourth-order valence-corrected chi connectivity index (χ4v) is 10.4. The number of hydrogen-bond acceptors (Lipinski definition) is 8. The van der Waals surface area contributed by atoms with Crippen LogP contribution in [0.25, 0.3) is 0 Å². The molecule has 12 heteroatoms. The third-order valence-corrected chi connectivity index (χ3v) is 14.0. The smallest absolute Gasteiger partial charge is 0.242 e. The van der Waals surface area contributed by atoms with Crippen molar-refractivity contribution < 1.29 is 32.6 Å². The second-order valence-corrected chi connectivity index (χ2v) is 20.0. The van der Waals surface area contributed by atoms with Gasteiger partial charge in [-0.3, -0.25) is 14.5 Å². The van der Waals surface area contributed by atoms with Gasteiger partial charge in [0.2, 0.25) is 21.8 Å². The fourth-order valence-electron chi connectivity index (χ4n) is 9.23. The highest BCUT2D eigenvalue weighted by Gasteiger charge is 2.46. The van der Waals surface area contributed by atoms with Gasteiger partial charge in [-0.25, -0.2) is 8.42 Å². The summed E-state index contributed by atoms with van der Waals surface area (Å²) in [4.78, 5) is 30.4. The second kappa shape index (κ2) is 19.3. The summed E-state index contributed by atoms with van der Waals surface area (Å²) >= 11 is 0. The fraction of sp³-hybridized carbons (Fsp3) is 0.469. The van der Waals surface area contributed by atoms with Crippen molar-refractivity contribution in [1.82, 2.24) is 14.9 Å². The highest BCUT2D eigenvalue weighted by atomic mass is 32.2. The molecule has 7 rings (SSSR count). The van der Waals surface area contributed by atoms with Gasteiger partial charge in [-0.1, -0.05) is 104 Å². The Hall–Kier alpha value is -4.43. The number of aliphatic hydroxyl groups is 1. The van der Waals surface area contributed by atoms with Crippen molar-refractivity contribution in [3.63, 3.8) is 0 Å². The SMILES string of the molecule is Cc1ccc(S(=O)(=O)N[C@H](Cc2ccccc2)C(=O)Nc2ccc([C@@H]3O[C@H](CN4[C@@H](C(=O)NC(C)(C)C)CC[C@H]5CCCC[C@H]54)[C@H](C)[C@H](c4ccc(CO)cc4)O3)cc2)cc1. The third-order valence-electron chi connectivity index (χ3n) is 12.5. The molecule has 61 heavy (non-hydrogen) atoms. The van der Waals surface area contributed by atoms with E-state index in [1.165, 1.54) is 25.0 Å². The molecule has 2 aliphatic heterocycles. The number of amides is 2. The molecular formula is C49H62N4O7S. The number of benzene rings is 4. The van der Waals surface area contributed by atoms with E-state index in [4.69, 9.17) is 9.47 Å². The number of sulfonamides is 1. The first-order valence-electron chi connectivity index (χ1n) is 21.8. The molecule has 4 N–H and O–H groups in total. The zero-order valence-electron chi connectivity index (χ0n) is 36.0. The molecule has 0 bridgehead atoms. The van der Waals surface area contributed by atoms with Crippen molar-refractivity contribution in [3.05, 3.63) is 131 Å². The molecule has 3 fully saturated rings. The quantitative estimate of drug-likeness (QED) is 0.107. The van der Waals surface area contributed by atoms with Crippen LogP contribution in [0.5, 0.6) is 0 Å². The maximum Gasteiger partial charge on any atom is 0.242 e. The van der Waals surface area contributed by atoms with Crippen molar-refractivity contribution in [3.8, 4) is 0 Å². The number of nitrogens with zero attached hydrogens (tertiary/aromatic N) is 1. The lowest BCUT2D eigenvalue weighted by Crippen LogP contribution is -2.61. The Balaban J connectivity index is 1.13. The van der Waals surface area contributed by atoms with Crippen molar-refractivity contribution >= 4 is 27.5 Å². The zero-order chi connectivity index (χ0) is 43.3. The van der Waals surface area contributed by atoms with Gasteiger partial charge in [0.1, 0.15) is 6.04 Å². The molecule has 11 nitrogen and oxygen atoms in total. The molecule has 2 saturated heterocycles. The summed E-state index contributed by atoms with van der Waals surface area (Å²) in [6.45, 7) is 10.6. The van der Waals surface area contributed by atoms with Crippen LogP contribution in [-0.4, -0.2) is 66.6 Å². The van der Waals surface area contributed by atoms with Crippen molar-refractivity contribution in [2.75, 3.05) is 11.9 Å². The van der Waals surface area contributed by atoms with Crippen molar-refractivity contribution in [2.45, 2.75) is 133 Å². The van der Waals surface area contributed by atoms with Gasteiger partial charge in [0.15, 0.2) is 6.29 Å². The van der Waals surface area contributed by atoms with Crippen LogP contribution < -0.4 is 15.4 Å². The van der Waals surface area contributed by atoms with Crippen LogP contribution in [0.2, 0.25) is 0 Å². The Morgan fingerprint density at radius 3 is 2.16 bits per heavy atom. The summed E-state index contributed by atoms with van der Waals surface area (Å²) in [5.74, 6) is 0.0457. The Labute approximate surface area is 361 Å². The zero-order valence-corrected chi connectivity index (χ0v) is 36.9. The van der Waals surface area contributed by atoms with Gasteiger partial charge in [0.05, 0.1) is 29.8 Å². The minimum Gasteiger partial charge on any atom is -0.392 e. The first kappa shape index (κ1) is 44.6. The number of rotatable bonds is 13. The number of aryl methyl sites for hydroxylation is 1. The van der Waals surface area contributed by atoms with E-state index in [1.54, 1.807) is 24.3 Å². The van der Waals surface area contributed by atoms with E-state index in [0.29, 0.717) is 24.2 Å². The molecule has 4 aromatic rings. The second-order valence-electron chi connectivity index (χ2n) is 18.3. The topological polar surface area (TPSA) is 146 Å². The molecule has 2 amide bonds. The largest absolute Gasteiger partial charge is 0.392 e. The van der Waals surface area contributed by atoms with E-state index >= 15 is 0 Å². The number of ether oxygens (including phenoxy) is 2. The highest BCUT2D eigenvalue weighted by molar-refractivity contribution is 7.89. The van der Waals surface area contributed by atoms with Gasteiger partial charge in [0, 0.05) is 35.3 Å². The van der Waals surface area contributed by atoms with Crippen molar-refractivity contribution in [1.29, 1.82) is 0 Å². The minimum atomic E-state index is -4.01. The van der Waals surface area contributed by atoms with Crippen LogP contribution in [-0.2, 0) is 42.1 Å². The summed E-state index contributed by atoms with van der Waals surface area (Å²) in [6, 6.07) is 29.9. The Bertz CT molecular complexity index is 2190. The van der Waals surface area contributed by atoms with Gasteiger partial charge in [-0.2, -0.15) is 4.72 Å². The molecule has 3 aliphatic rings. The molecule has 4 aromatic carbocycles. The van der Waals surface area contributed by atoms with E-state index in [0.717, 1.165) is 53.5 Å². The number of fused-ring (bicyclic) bond motifs is 1. The minimum absolute atomic E-state index is 0.0558. The molecule has 0 unspecified atom stereocenters.